The van der Waals surface area contributed by atoms with Crippen molar-refractivity contribution in [3.8, 4) is 0 Å². The van der Waals surface area contributed by atoms with Crippen molar-refractivity contribution in [3.05, 3.63) is 52.3 Å². The van der Waals surface area contributed by atoms with Crippen molar-refractivity contribution in [1.29, 1.82) is 0 Å². The molecule has 0 aliphatic carbocycles. The first-order valence-electron chi connectivity index (χ1n) is 8.05. The molecule has 0 atom stereocenters. The van der Waals surface area contributed by atoms with Crippen LogP contribution in [0, 0.1) is 0 Å². The van der Waals surface area contributed by atoms with Crippen molar-refractivity contribution in [2.24, 2.45) is 4.40 Å². The number of amides is 1. The molecule has 0 spiro atoms. The summed E-state index contributed by atoms with van der Waals surface area (Å²) >= 11 is 11.7. The molecule has 1 N–H and O–H groups in total. The number of pyridine rings is 1. The van der Waals surface area contributed by atoms with Gasteiger partial charge in [0.2, 0.25) is 0 Å². The fourth-order valence-corrected chi connectivity index (χ4v) is 4.01. The van der Waals surface area contributed by atoms with E-state index < -0.39 is 15.9 Å². The second kappa shape index (κ2) is 7.84. The van der Waals surface area contributed by atoms with E-state index in [1.165, 1.54) is 36.4 Å². The Morgan fingerprint density at radius 1 is 1.19 bits per heavy atom. The van der Waals surface area contributed by atoms with Gasteiger partial charge in [-0.15, -0.1) is 4.40 Å². The fraction of sp³-hybridized carbons (Fsp3) is 0.235. The molecule has 1 fully saturated rings. The maximum Gasteiger partial charge on any atom is 0.283 e. The minimum atomic E-state index is -3.80. The number of amidine groups is 1. The van der Waals surface area contributed by atoms with E-state index in [4.69, 9.17) is 23.2 Å². The molecule has 0 radical (unpaired) electrons. The number of halogens is 2. The number of likely N-dealkylation sites (tertiary alicyclic amines) is 1. The molecule has 10 heteroatoms. The van der Waals surface area contributed by atoms with Gasteiger partial charge in [-0.25, -0.2) is 4.98 Å². The highest BCUT2D eigenvalue weighted by molar-refractivity contribution is 7.90. The SMILES string of the molecule is CN1CCC/C1=N/S(=O)(=O)c1ccc(NC(=O)c2nc(Cl)ccc2Cl)cc1. The number of aromatic nitrogens is 1. The molecule has 2 aromatic rings. The van der Waals surface area contributed by atoms with Gasteiger partial charge < -0.3 is 10.2 Å². The van der Waals surface area contributed by atoms with Crippen LogP contribution in [0.1, 0.15) is 23.3 Å². The van der Waals surface area contributed by atoms with Crippen LogP contribution in [0.2, 0.25) is 10.2 Å². The van der Waals surface area contributed by atoms with Crippen LogP contribution in [-0.4, -0.2) is 43.6 Å². The van der Waals surface area contributed by atoms with Crippen molar-refractivity contribution in [2.75, 3.05) is 18.9 Å². The lowest BCUT2D eigenvalue weighted by molar-refractivity contribution is 0.102. The van der Waals surface area contributed by atoms with Crippen LogP contribution < -0.4 is 5.32 Å². The monoisotopic (exact) mass is 426 g/mol. The Bertz CT molecular complexity index is 1010. The summed E-state index contributed by atoms with van der Waals surface area (Å²) in [5.41, 5.74) is 0.374. The summed E-state index contributed by atoms with van der Waals surface area (Å²) < 4.78 is 28.8. The number of nitrogens with one attached hydrogen (secondary N) is 1. The first-order chi connectivity index (χ1) is 12.8. The van der Waals surface area contributed by atoms with Crippen LogP contribution in [0.15, 0.2) is 45.7 Å². The number of anilines is 1. The van der Waals surface area contributed by atoms with E-state index in [0.29, 0.717) is 17.9 Å². The van der Waals surface area contributed by atoms with E-state index in [2.05, 4.69) is 14.7 Å². The van der Waals surface area contributed by atoms with Crippen LogP contribution in [0.5, 0.6) is 0 Å². The minimum Gasteiger partial charge on any atom is -0.362 e. The van der Waals surface area contributed by atoms with Crippen LogP contribution in [0.25, 0.3) is 0 Å². The molecule has 0 bridgehead atoms. The summed E-state index contributed by atoms with van der Waals surface area (Å²) in [5.74, 6) is -0.0000162. The molecule has 0 unspecified atom stereocenters. The predicted octanol–water partition coefficient (Wildman–Crippen LogP) is 3.45. The highest BCUT2D eigenvalue weighted by Gasteiger charge is 2.20. The molecule has 1 aromatic heterocycles. The van der Waals surface area contributed by atoms with Gasteiger partial charge >= 0.3 is 0 Å². The van der Waals surface area contributed by atoms with E-state index in [-0.39, 0.29) is 20.8 Å². The smallest absolute Gasteiger partial charge is 0.283 e. The van der Waals surface area contributed by atoms with Crippen molar-refractivity contribution in [1.82, 2.24) is 9.88 Å². The van der Waals surface area contributed by atoms with Gasteiger partial charge in [-0.05, 0) is 42.8 Å². The van der Waals surface area contributed by atoms with Gasteiger partial charge in [0.05, 0.1) is 9.92 Å². The third-order valence-electron chi connectivity index (χ3n) is 4.00. The molecule has 1 aromatic carbocycles. The summed E-state index contributed by atoms with van der Waals surface area (Å²) in [6.07, 6.45) is 1.52. The zero-order valence-electron chi connectivity index (χ0n) is 14.3. The average Bonchev–Trinajstić information content (AvgIpc) is 3.01. The number of hydrogen-bond acceptors (Lipinski definition) is 4. The number of rotatable bonds is 4. The molecule has 0 saturated carbocycles. The van der Waals surface area contributed by atoms with Crippen LogP contribution in [0.3, 0.4) is 0 Å². The van der Waals surface area contributed by atoms with Crippen molar-refractivity contribution in [3.63, 3.8) is 0 Å². The summed E-state index contributed by atoms with van der Waals surface area (Å²) in [7, 11) is -1.99. The lowest BCUT2D eigenvalue weighted by Gasteiger charge is -2.11. The van der Waals surface area contributed by atoms with E-state index in [0.717, 1.165) is 13.0 Å². The topological polar surface area (TPSA) is 91.7 Å². The number of carbonyl (C=O) groups excluding carboxylic acids is 1. The summed E-state index contributed by atoms with van der Waals surface area (Å²) in [5, 5.41) is 2.90. The molecule has 1 aliphatic heterocycles. The molecule has 7 nitrogen and oxygen atoms in total. The first-order valence-corrected chi connectivity index (χ1v) is 10.2. The molecular weight excluding hydrogens is 411 g/mol. The predicted molar refractivity (Wildman–Crippen MR) is 105 cm³/mol. The fourth-order valence-electron chi connectivity index (χ4n) is 2.58. The highest BCUT2D eigenvalue weighted by atomic mass is 35.5. The van der Waals surface area contributed by atoms with E-state index in [1.54, 1.807) is 0 Å². The molecule has 1 aliphatic rings. The third kappa shape index (κ3) is 4.58. The average molecular weight is 427 g/mol. The number of benzene rings is 1. The largest absolute Gasteiger partial charge is 0.362 e. The second-order valence-corrected chi connectivity index (χ2v) is 8.35. The molecule has 3 rings (SSSR count). The number of hydrogen-bond donors (Lipinski definition) is 1. The van der Waals surface area contributed by atoms with Gasteiger partial charge in [0.25, 0.3) is 15.9 Å². The Morgan fingerprint density at radius 2 is 1.89 bits per heavy atom. The third-order valence-corrected chi connectivity index (χ3v) is 5.83. The molecule has 2 heterocycles. The maximum atomic E-state index is 12.4. The van der Waals surface area contributed by atoms with Crippen molar-refractivity contribution < 1.29 is 13.2 Å². The van der Waals surface area contributed by atoms with Crippen LogP contribution in [0.4, 0.5) is 5.69 Å². The number of nitrogens with zero attached hydrogens (tertiary/aromatic N) is 3. The highest BCUT2D eigenvalue weighted by Crippen LogP contribution is 2.21. The van der Waals surface area contributed by atoms with Gasteiger partial charge in [-0.1, -0.05) is 23.2 Å². The minimum absolute atomic E-state index is 0.0171. The summed E-state index contributed by atoms with van der Waals surface area (Å²) in [6, 6.07) is 8.67. The summed E-state index contributed by atoms with van der Waals surface area (Å²) in [4.78, 5) is 18.0. The standard InChI is InChI=1S/C17H16Cl2N4O3S/c1-23-10-2-3-15(23)22-27(25,26)12-6-4-11(5-7-12)20-17(24)16-13(18)8-9-14(19)21-16/h4-9H,2-3,10H2,1H3,(H,20,24)/b22-15-. The lowest BCUT2D eigenvalue weighted by atomic mass is 10.3. The van der Waals surface area contributed by atoms with Gasteiger partial charge in [-0.2, -0.15) is 8.42 Å². The normalized spacial score (nSPS) is 16.0. The van der Waals surface area contributed by atoms with Gasteiger partial charge in [-0.3, -0.25) is 4.79 Å². The second-order valence-electron chi connectivity index (χ2n) is 5.95. The van der Waals surface area contributed by atoms with E-state index in [1.807, 2.05) is 11.9 Å². The number of sulfonamides is 1. The Hall–Kier alpha value is -2.16. The zero-order valence-corrected chi connectivity index (χ0v) is 16.6. The molecule has 1 amide bonds. The molecule has 1 saturated heterocycles. The van der Waals surface area contributed by atoms with E-state index in [9.17, 15) is 13.2 Å². The van der Waals surface area contributed by atoms with Gasteiger partial charge in [0, 0.05) is 25.7 Å². The Labute approximate surface area is 167 Å². The van der Waals surface area contributed by atoms with Crippen molar-refractivity contribution in [2.45, 2.75) is 17.7 Å². The Balaban J connectivity index is 1.77. The van der Waals surface area contributed by atoms with Gasteiger partial charge in [0.15, 0.2) is 0 Å². The number of carbonyl (C=O) groups is 1. The van der Waals surface area contributed by atoms with Gasteiger partial charge in [0.1, 0.15) is 16.7 Å². The lowest BCUT2D eigenvalue weighted by Crippen LogP contribution is -2.20. The quantitative estimate of drug-likeness (QED) is 0.755. The molecule has 27 heavy (non-hydrogen) atoms. The summed E-state index contributed by atoms with van der Waals surface area (Å²) in [6.45, 7) is 0.791. The van der Waals surface area contributed by atoms with Crippen LogP contribution >= 0.6 is 23.2 Å². The van der Waals surface area contributed by atoms with Crippen LogP contribution in [-0.2, 0) is 10.0 Å². The first kappa shape index (κ1) is 19.6. The zero-order chi connectivity index (χ0) is 19.6. The Morgan fingerprint density at radius 3 is 2.52 bits per heavy atom. The maximum absolute atomic E-state index is 12.4. The Kier molecular flexibility index (Phi) is 5.69. The molecular formula is C17H16Cl2N4O3S. The van der Waals surface area contributed by atoms with E-state index >= 15 is 0 Å². The van der Waals surface area contributed by atoms with Crippen molar-refractivity contribution >= 4 is 50.7 Å². The molecule has 142 valence electrons.